The van der Waals surface area contributed by atoms with Crippen molar-refractivity contribution in [3.05, 3.63) is 0 Å². The fourth-order valence-electron chi connectivity index (χ4n) is 2.03. The van der Waals surface area contributed by atoms with E-state index in [1.807, 2.05) is 6.92 Å². The zero-order valence-electron chi connectivity index (χ0n) is 11.9. The van der Waals surface area contributed by atoms with Gasteiger partial charge in [-0.2, -0.15) is 13.2 Å². The third-order valence-electron chi connectivity index (χ3n) is 3.54. The summed E-state index contributed by atoms with van der Waals surface area (Å²) in [6.07, 6.45) is -3.55. The van der Waals surface area contributed by atoms with Crippen molar-refractivity contribution in [2.45, 2.75) is 44.9 Å². The van der Waals surface area contributed by atoms with Crippen LogP contribution in [-0.4, -0.2) is 48.1 Å². The Balaban J connectivity index is 0.00000400. The van der Waals surface area contributed by atoms with E-state index < -0.39 is 36.6 Å². The second-order valence-corrected chi connectivity index (χ2v) is 5.14. The Morgan fingerprint density at radius 3 is 2.57 bits per heavy atom. The molecule has 1 aliphatic heterocycles. The van der Waals surface area contributed by atoms with Gasteiger partial charge >= 0.3 is 6.18 Å². The zero-order chi connectivity index (χ0) is 15.5. The number of hydrogen-bond donors (Lipinski definition) is 2. The van der Waals surface area contributed by atoms with Gasteiger partial charge in [-0.25, -0.2) is 0 Å². The Labute approximate surface area is 127 Å². The van der Waals surface area contributed by atoms with Gasteiger partial charge in [0.05, 0.1) is 6.04 Å². The molecular formula is C12H21ClF3N3O2. The SMILES string of the molecule is CCC(C)C(N)C(=O)NC1CCN(CC(F)(F)F)C1=O.Cl. The van der Waals surface area contributed by atoms with Gasteiger partial charge in [-0.1, -0.05) is 20.3 Å². The normalized spacial score (nSPS) is 21.7. The third-order valence-corrected chi connectivity index (χ3v) is 3.54. The molecule has 0 saturated carbocycles. The molecule has 0 aromatic carbocycles. The van der Waals surface area contributed by atoms with Gasteiger partial charge in [0, 0.05) is 6.54 Å². The number of rotatable bonds is 5. The van der Waals surface area contributed by atoms with E-state index in [2.05, 4.69) is 5.32 Å². The standard InChI is InChI=1S/C12H20F3N3O2.ClH/c1-3-7(2)9(16)10(19)17-8-4-5-18(11(8)20)6-12(13,14)15;/h7-9H,3-6,16H2,1-2H3,(H,17,19);1H. The number of amides is 2. The summed E-state index contributed by atoms with van der Waals surface area (Å²) in [7, 11) is 0. The van der Waals surface area contributed by atoms with E-state index in [-0.39, 0.29) is 31.3 Å². The van der Waals surface area contributed by atoms with Crippen LogP contribution in [0.3, 0.4) is 0 Å². The number of carbonyl (C=O) groups is 2. The van der Waals surface area contributed by atoms with Gasteiger partial charge in [-0.05, 0) is 12.3 Å². The molecule has 1 aliphatic rings. The molecule has 0 radical (unpaired) electrons. The Hall–Kier alpha value is -1.02. The number of hydrogen-bond acceptors (Lipinski definition) is 3. The minimum atomic E-state index is -4.43. The number of halogens is 4. The fourth-order valence-corrected chi connectivity index (χ4v) is 2.03. The fraction of sp³-hybridized carbons (Fsp3) is 0.833. The van der Waals surface area contributed by atoms with E-state index in [9.17, 15) is 22.8 Å². The first-order valence-electron chi connectivity index (χ1n) is 6.57. The topological polar surface area (TPSA) is 75.4 Å². The lowest BCUT2D eigenvalue weighted by molar-refractivity contribution is -0.158. The van der Waals surface area contributed by atoms with Crippen molar-refractivity contribution >= 4 is 24.2 Å². The number of nitrogens with one attached hydrogen (secondary N) is 1. The van der Waals surface area contributed by atoms with Gasteiger partial charge in [0.2, 0.25) is 11.8 Å². The van der Waals surface area contributed by atoms with E-state index in [0.717, 1.165) is 0 Å². The highest BCUT2D eigenvalue weighted by Crippen LogP contribution is 2.21. The maximum Gasteiger partial charge on any atom is 0.406 e. The maximum atomic E-state index is 12.2. The Morgan fingerprint density at radius 1 is 1.52 bits per heavy atom. The number of likely N-dealkylation sites (tertiary alicyclic amines) is 1. The van der Waals surface area contributed by atoms with Crippen LogP contribution >= 0.6 is 12.4 Å². The highest BCUT2D eigenvalue weighted by Gasteiger charge is 2.40. The smallest absolute Gasteiger partial charge is 0.343 e. The molecule has 2 amide bonds. The molecule has 0 aromatic heterocycles. The van der Waals surface area contributed by atoms with Crippen molar-refractivity contribution in [3.8, 4) is 0 Å². The lowest BCUT2D eigenvalue weighted by Crippen LogP contribution is -2.51. The van der Waals surface area contributed by atoms with Crippen LogP contribution < -0.4 is 11.1 Å². The van der Waals surface area contributed by atoms with Crippen molar-refractivity contribution in [1.82, 2.24) is 10.2 Å². The Kier molecular flexibility index (Phi) is 7.46. The van der Waals surface area contributed by atoms with Crippen molar-refractivity contribution < 1.29 is 22.8 Å². The van der Waals surface area contributed by atoms with Gasteiger partial charge in [0.15, 0.2) is 0 Å². The molecule has 124 valence electrons. The number of nitrogens with zero attached hydrogens (tertiary/aromatic N) is 1. The van der Waals surface area contributed by atoms with Gasteiger partial charge in [0.1, 0.15) is 12.6 Å². The van der Waals surface area contributed by atoms with Crippen LogP contribution in [-0.2, 0) is 9.59 Å². The minimum Gasteiger partial charge on any atom is -0.343 e. The van der Waals surface area contributed by atoms with Crippen LogP contribution in [0.5, 0.6) is 0 Å². The summed E-state index contributed by atoms with van der Waals surface area (Å²) in [5, 5.41) is 2.44. The first-order chi connectivity index (χ1) is 9.15. The first kappa shape index (κ1) is 20.0. The summed E-state index contributed by atoms with van der Waals surface area (Å²) in [6.45, 7) is 2.39. The van der Waals surface area contributed by atoms with Crippen molar-refractivity contribution in [2.75, 3.05) is 13.1 Å². The predicted octanol–water partition coefficient (Wildman–Crippen LogP) is 1.06. The van der Waals surface area contributed by atoms with Crippen molar-refractivity contribution in [1.29, 1.82) is 0 Å². The van der Waals surface area contributed by atoms with E-state index in [0.29, 0.717) is 11.3 Å². The molecule has 0 spiro atoms. The molecule has 9 heteroatoms. The van der Waals surface area contributed by atoms with E-state index in [1.165, 1.54) is 0 Å². The molecule has 3 N–H and O–H groups in total. The molecule has 1 fully saturated rings. The molecule has 21 heavy (non-hydrogen) atoms. The summed E-state index contributed by atoms with van der Waals surface area (Å²) >= 11 is 0. The average Bonchev–Trinajstić information content (AvgIpc) is 2.67. The molecule has 3 atom stereocenters. The van der Waals surface area contributed by atoms with Crippen LogP contribution in [0.4, 0.5) is 13.2 Å². The number of carbonyl (C=O) groups excluding carboxylic acids is 2. The molecule has 0 aromatic rings. The zero-order valence-corrected chi connectivity index (χ0v) is 12.8. The summed E-state index contributed by atoms with van der Waals surface area (Å²) in [5.41, 5.74) is 5.71. The largest absolute Gasteiger partial charge is 0.406 e. The van der Waals surface area contributed by atoms with Gasteiger partial charge in [-0.15, -0.1) is 12.4 Å². The molecule has 1 saturated heterocycles. The van der Waals surface area contributed by atoms with Crippen molar-refractivity contribution in [2.24, 2.45) is 11.7 Å². The second kappa shape index (κ2) is 7.84. The summed E-state index contributed by atoms with van der Waals surface area (Å²) in [4.78, 5) is 24.3. The van der Waals surface area contributed by atoms with E-state index >= 15 is 0 Å². The Bertz CT molecular complexity index is 379. The number of nitrogens with two attached hydrogens (primary N) is 1. The lowest BCUT2D eigenvalue weighted by Gasteiger charge is -2.21. The molecule has 5 nitrogen and oxygen atoms in total. The van der Waals surface area contributed by atoms with Crippen LogP contribution in [0.15, 0.2) is 0 Å². The van der Waals surface area contributed by atoms with Crippen LogP contribution in [0.1, 0.15) is 26.7 Å². The van der Waals surface area contributed by atoms with Crippen molar-refractivity contribution in [3.63, 3.8) is 0 Å². The number of alkyl halides is 3. The van der Waals surface area contributed by atoms with Crippen LogP contribution in [0.2, 0.25) is 0 Å². The molecule has 0 bridgehead atoms. The summed E-state index contributed by atoms with van der Waals surface area (Å²) in [5.74, 6) is -1.25. The third kappa shape index (κ3) is 5.70. The summed E-state index contributed by atoms with van der Waals surface area (Å²) in [6, 6.07) is -1.66. The van der Waals surface area contributed by atoms with Crippen LogP contribution in [0, 0.1) is 5.92 Å². The molecular weight excluding hydrogens is 311 g/mol. The maximum absolute atomic E-state index is 12.2. The van der Waals surface area contributed by atoms with Crippen LogP contribution in [0.25, 0.3) is 0 Å². The Morgan fingerprint density at radius 2 is 2.10 bits per heavy atom. The quantitative estimate of drug-likeness (QED) is 0.791. The minimum absolute atomic E-state index is 0. The van der Waals surface area contributed by atoms with Gasteiger partial charge < -0.3 is 16.0 Å². The van der Waals surface area contributed by atoms with E-state index in [4.69, 9.17) is 5.73 Å². The first-order valence-corrected chi connectivity index (χ1v) is 6.57. The molecule has 0 aliphatic carbocycles. The van der Waals surface area contributed by atoms with E-state index in [1.54, 1.807) is 6.92 Å². The van der Waals surface area contributed by atoms with Gasteiger partial charge in [-0.3, -0.25) is 9.59 Å². The average molecular weight is 332 g/mol. The molecule has 1 heterocycles. The second-order valence-electron chi connectivity index (χ2n) is 5.14. The highest BCUT2D eigenvalue weighted by molar-refractivity contribution is 5.91. The lowest BCUT2D eigenvalue weighted by atomic mass is 9.99. The monoisotopic (exact) mass is 331 g/mol. The highest BCUT2D eigenvalue weighted by atomic mass is 35.5. The molecule has 1 rings (SSSR count). The molecule has 3 unspecified atom stereocenters. The summed E-state index contributed by atoms with van der Waals surface area (Å²) < 4.78 is 36.7. The predicted molar refractivity (Wildman–Crippen MR) is 73.9 cm³/mol. The van der Waals surface area contributed by atoms with Gasteiger partial charge in [0.25, 0.3) is 0 Å².